The fourth-order valence-electron chi connectivity index (χ4n) is 1.93. The Hall–Kier alpha value is -1.71. The van der Waals surface area contributed by atoms with Crippen LogP contribution in [0.25, 0.3) is 16.7 Å². The first-order chi connectivity index (χ1) is 8.66. The molecule has 0 fully saturated rings. The third-order valence-electron chi connectivity index (χ3n) is 2.75. The lowest BCUT2D eigenvalue weighted by Gasteiger charge is -2.08. The molecule has 2 aromatic carbocycles. The molecule has 0 unspecified atom stereocenters. The summed E-state index contributed by atoms with van der Waals surface area (Å²) in [4.78, 5) is 4.30. The van der Waals surface area contributed by atoms with E-state index in [0.29, 0.717) is 15.7 Å². The number of halogens is 2. The van der Waals surface area contributed by atoms with Gasteiger partial charge in [0.25, 0.3) is 0 Å². The van der Waals surface area contributed by atoms with Gasteiger partial charge in [0, 0.05) is 5.69 Å². The van der Waals surface area contributed by atoms with Crippen molar-refractivity contribution in [3.05, 3.63) is 52.8 Å². The number of hydrogen-bond acceptors (Lipinski definition) is 2. The highest BCUT2D eigenvalue weighted by Gasteiger charge is 2.11. The molecular weight excluding hydrogens is 269 g/mol. The number of fused-ring (bicyclic) bond motifs is 1. The Bertz CT molecular complexity index is 714. The normalized spacial score (nSPS) is 11.0. The Morgan fingerprint density at radius 3 is 2.50 bits per heavy atom. The molecule has 90 valence electrons. The predicted molar refractivity (Wildman–Crippen MR) is 75.5 cm³/mol. The van der Waals surface area contributed by atoms with Gasteiger partial charge < -0.3 is 5.73 Å². The summed E-state index contributed by atoms with van der Waals surface area (Å²) in [5.74, 6) is 0. The summed E-state index contributed by atoms with van der Waals surface area (Å²) in [6.07, 6.45) is 1.69. The van der Waals surface area contributed by atoms with Gasteiger partial charge in [0.2, 0.25) is 0 Å². The fraction of sp³-hybridized carbons (Fsp3) is 0. The molecule has 2 N–H and O–H groups in total. The summed E-state index contributed by atoms with van der Waals surface area (Å²) in [6, 6.07) is 10.9. The molecule has 0 radical (unpaired) electrons. The van der Waals surface area contributed by atoms with Crippen LogP contribution in [0.5, 0.6) is 0 Å². The number of rotatable bonds is 1. The third kappa shape index (κ3) is 1.72. The van der Waals surface area contributed by atoms with Crippen molar-refractivity contribution in [2.75, 3.05) is 5.73 Å². The quantitative estimate of drug-likeness (QED) is 0.686. The zero-order valence-corrected chi connectivity index (χ0v) is 10.8. The number of benzene rings is 2. The topological polar surface area (TPSA) is 43.8 Å². The molecule has 0 saturated heterocycles. The lowest BCUT2D eigenvalue weighted by Crippen LogP contribution is -1.94. The van der Waals surface area contributed by atoms with Crippen LogP contribution in [0.3, 0.4) is 0 Å². The predicted octanol–water partition coefficient (Wildman–Crippen LogP) is 3.91. The fourth-order valence-corrected chi connectivity index (χ4v) is 2.51. The summed E-state index contributed by atoms with van der Waals surface area (Å²) in [6.45, 7) is 0. The first kappa shape index (κ1) is 11.4. The Morgan fingerprint density at radius 2 is 1.78 bits per heavy atom. The largest absolute Gasteiger partial charge is 0.399 e. The van der Waals surface area contributed by atoms with E-state index in [-0.39, 0.29) is 0 Å². The minimum absolute atomic E-state index is 0.582. The molecule has 0 bridgehead atoms. The molecule has 1 heterocycles. The highest BCUT2D eigenvalue weighted by Crippen LogP contribution is 2.31. The number of nitrogens with zero attached hydrogens (tertiary/aromatic N) is 2. The molecule has 1 aromatic heterocycles. The molecule has 0 aliphatic carbocycles. The number of anilines is 1. The van der Waals surface area contributed by atoms with Gasteiger partial charge in [0.15, 0.2) is 0 Å². The standard InChI is InChI=1S/C13H9Cl2N3/c14-9-2-1-3-10(15)13(9)18-7-17-11-6-8(16)4-5-12(11)18/h1-7H,16H2. The number of nitrogens with two attached hydrogens (primary N) is 1. The molecule has 0 aliphatic rings. The molecule has 0 aliphatic heterocycles. The van der Waals surface area contributed by atoms with E-state index in [9.17, 15) is 0 Å². The van der Waals surface area contributed by atoms with Crippen LogP contribution in [0.1, 0.15) is 0 Å². The second-order valence-corrected chi connectivity index (χ2v) is 4.75. The molecule has 0 saturated carbocycles. The Balaban J connectivity index is 2.32. The van der Waals surface area contributed by atoms with Crippen molar-refractivity contribution in [1.29, 1.82) is 0 Å². The molecular formula is C13H9Cl2N3. The van der Waals surface area contributed by atoms with Crippen LogP contribution in [0.4, 0.5) is 5.69 Å². The zero-order valence-electron chi connectivity index (χ0n) is 9.27. The van der Waals surface area contributed by atoms with E-state index in [1.807, 2.05) is 28.8 Å². The van der Waals surface area contributed by atoms with Crippen molar-refractivity contribution in [2.45, 2.75) is 0 Å². The average molecular weight is 278 g/mol. The van der Waals surface area contributed by atoms with E-state index in [2.05, 4.69) is 4.98 Å². The maximum atomic E-state index is 6.19. The number of aromatic nitrogens is 2. The lowest BCUT2D eigenvalue weighted by atomic mass is 10.2. The summed E-state index contributed by atoms with van der Waals surface area (Å²) >= 11 is 12.4. The molecule has 18 heavy (non-hydrogen) atoms. The van der Waals surface area contributed by atoms with Crippen molar-refractivity contribution >= 4 is 39.9 Å². The van der Waals surface area contributed by atoms with Crippen molar-refractivity contribution in [3.63, 3.8) is 0 Å². The van der Waals surface area contributed by atoms with Crippen LogP contribution in [-0.2, 0) is 0 Å². The van der Waals surface area contributed by atoms with Gasteiger partial charge in [-0.1, -0.05) is 29.3 Å². The van der Waals surface area contributed by atoms with E-state index >= 15 is 0 Å². The van der Waals surface area contributed by atoms with E-state index < -0.39 is 0 Å². The van der Waals surface area contributed by atoms with Crippen molar-refractivity contribution in [2.24, 2.45) is 0 Å². The second-order valence-electron chi connectivity index (χ2n) is 3.93. The highest BCUT2D eigenvalue weighted by atomic mass is 35.5. The molecule has 3 nitrogen and oxygen atoms in total. The second kappa shape index (κ2) is 4.19. The molecule has 3 aromatic rings. The van der Waals surface area contributed by atoms with Crippen molar-refractivity contribution < 1.29 is 0 Å². The molecule has 0 atom stereocenters. The maximum Gasteiger partial charge on any atom is 0.100 e. The Kier molecular flexibility index (Phi) is 2.65. The minimum atomic E-state index is 0.582. The van der Waals surface area contributed by atoms with Crippen LogP contribution in [0.2, 0.25) is 10.0 Å². The van der Waals surface area contributed by atoms with Gasteiger partial charge in [0.05, 0.1) is 26.8 Å². The smallest absolute Gasteiger partial charge is 0.100 e. The highest BCUT2D eigenvalue weighted by molar-refractivity contribution is 6.37. The summed E-state index contributed by atoms with van der Waals surface area (Å²) in [5.41, 5.74) is 8.87. The van der Waals surface area contributed by atoms with E-state index in [4.69, 9.17) is 28.9 Å². The van der Waals surface area contributed by atoms with Gasteiger partial charge in [-0.25, -0.2) is 4.98 Å². The van der Waals surface area contributed by atoms with Crippen LogP contribution < -0.4 is 5.73 Å². The van der Waals surface area contributed by atoms with Gasteiger partial charge in [-0.3, -0.25) is 4.57 Å². The molecule has 5 heteroatoms. The number of hydrogen-bond donors (Lipinski definition) is 1. The molecule has 0 amide bonds. The first-order valence-electron chi connectivity index (χ1n) is 5.34. The third-order valence-corrected chi connectivity index (χ3v) is 3.36. The van der Waals surface area contributed by atoms with E-state index in [1.54, 1.807) is 18.5 Å². The van der Waals surface area contributed by atoms with Crippen LogP contribution in [0, 0.1) is 0 Å². The summed E-state index contributed by atoms with van der Waals surface area (Å²) in [5, 5.41) is 1.16. The number of para-hydroxylation sites is 1. The van der Waals surface area contributed by atoms with Gasteiger partial charge in [0.1, 0.15) is 6.33 Å². The Labute approximate surface area is 114 Å². The van der Waals surface area contributed by atoms with Crippen molar-refractivity contribution in [3.8, 4) is 5.69 Å². The summed E-state index contributed by atoms with van der Waals surface area (Å²) < 4.78 is 1.86. The SMILES string of the molecule is Nc1ccc2c(c1)ncn2-c1c(Cl)cccc1Cl. The lowest BCUT2D eigenvalue weighted by molar-refractivity contribution is 1.09. The molecule has 3 rings (SSSR count). The monoisotopic (exact) mass is 277 g/mol. The van der Waals surface area contributed by atoms with E-state index in [0.717, 1.165) is 16.7 Å². The van der Waals surface area contributed by atoms with E-state index in [1.165, 1.54) is 0 Å². The maximum absolute atomic E-state index is 6.19. The van der Waals surface area contributed by atoms with Gasteiger partial charge >= 0.3 is 0 Å². The van der Waals surface area contributed by atoms with Crippen molar-refractivity contribution in [1.82, 2.24) is 9.55 Å². The van der Waals surface area contributed by atoms with Gasteiger partial charge in [-0.15, -0.1) is 0 Å². The first-order valence-corrected chi connectivity index (χ1v) is 6.09. The van der Waals surface area contributed by atoms with Crippen LogP contribution >= 0.6 is 23.2 Å². The molecule has 0 spiro atoms. The minimum Gasteiger partial charge on any atom is -0.399 e. The Morgan fingerprint density at radius 1 is 1.06 bits per heavy atom. The number of nitrogen functional groups attached to an aromatic ring is 1. The van der Waals surface area contributed by atoms with Gasteiger partial charge in [-0.2, -0.15) is 0 Å². The number of imidazole rings is 1. The van der Waals surface area contributed by atoms with Gasteiger partial charge in [-0.05, 0) is 30.3 Å². The van der Waals surface area contributed by atoms with Crippen LogP contribution in [0.15, 0.2) is 42.7 Å². The zero-order chi connectivity index (χ0) is 12.7. The van der Waals surface area contributed by atoms with Crippen LogP contribution in [-0.4, -0.2) is 9.55 Å². The average Bonchev–Trinajstić information content (AvgIpc) is 2.72. The summed E-state index contributed by atoms with van der Waals surface area (Å²) in [7, 11) is 0.